The Hall–Kier alpha value is -2.09. The van der Waals surface area contributed by atoms with Crippen LogP contribution in [0.1, 0.15) is 11.5 Å². The molecule has 4 N–H and O–H groups in total. The zero-order valence-electron chi connectivity index (χ0n) is 9.14. The minimum absolute atomic E-state index is 0.159. The second-order valence-corrected chi connectivity index (χ2v) is 3.35. The summed E-state index contributed by atoms with van der Waals surface area (Å²) in [6.45, 7) is 1.52. The smallest absolute Gasteiger partial charge is 0.334 e. The van der Waals surface area contributed by atoms with Gasteiger partial charge < -0.3 is 25.4 Å². The first-order valence-corrected chi connectivity index (χ1v) is 4.84. The topological polar surface area (TPSA) is 125 Å². The lowest BCUT2D eigenvalue weighted by Crippen LogP contribution is -2.41. The number of carboxylic acid groups (broad SMARTS) is 1. The maximum Gasteiger partial charge on any atom is 0.334 e. The number of carbonyl (C=O) groups excluding carboxylic acids is 1. The fraction of sp³-hybridized carbons (Fsp3) is 0.444. The number of rotatable bonds is 5. The molecule has 0 aliphatic heterocycles. The molecule has 1 heterocycles. The number of aliphatic hydroxyl groups is 1. The van der Waals surface area contributed by atoms with E-state index in [1.807, 2.05) is 0 Å². The molecule has 1 aromatic heterocycles. The van der Waals surface area contributed by atoms with Gasteiger partial charge in [-0.15, -0.1) is 0 Å². The van der Waals surface area contributed by atoms with E-state index in [-0.39, 0.29) is 13.1 Å². The van der Waals surface area contributed by atoms with E-state index in [9.17, 15) is 9.59 Å². The van der Waals surface area contributed by atoms with Crippen molar-refractivity contribution in [2.24, 2.45) is 0 Å². The van der Waals surface area contributed by atoms with E-state index in [1.54, 1.807) is 13.0 Å². The van der Waals surface area contributed by atoms with Crippen LogP contribution < -0.4 is 10.6 Å². The Morgan fingerprint density at radius 1 is 1.53 bits per heavy atom. The third-order valence-corrected chi connectivity index (χ3v) is 1.85. The fourth-order valence-corrected chi connectivity index (χ4v) is 1.01. The molecule has 94 valence electrons. The molecule has 0 bridgehead atoms. The maximum atomic E-state index is 11.2. The van der Waals surface area contributed by atoms with Crippen molar-refractivity contribution < 1.29 is 24.3 Å². The summed E-state index contributed by atoms with van der Waals surface area (Å²) in [7, 11) is 0. The first kappa shape index (κ1) is 13.0. The molecule has 0 radical (unpaired) electrons. The molecule has 17 heavy (non-hydrogen) atoms. The maximum absolute atomic E-state index is 11.2. The normalized spacial score (nSPS) is 11.9. The van der Waals surface area contributed by atoms with Gasteiger partial charge in [0, 0.05) is 6.07 Å². The number of aliphatic hydroxyl groups excluding tert-OH is 1. The van der Waals surface area contributed by atoms with Crippen molar-refractivity contribution in [1.82, 2.24) is 15.8 Å². The number of carboxylic acids is 1. The molecule has 8 heteroatoms. The van der Waals surface area contributed by atoms with Crippen molar-refractivity contribution in [2.75, 3.05) is 6.54 Å². The largest absolute Gasteiger partial charge is 0.479 e. The van der Waals surface area contributed by atoms with Crippen molar-refractivity contribution in [3.05, 3.63) is 17.5 Å². The third-order valence-electron chi connectivity index (χ3n) is 1.85. The van der Waals surface area contributed by atoms with E-state index in [1.165, 1.54) is 0 Å². The monoisotopic (exact) mass is 243 g/mol. The number of carbonyl (C=O) groups is 2. The van der Waals surface area contributed by atoms with Crippen molar-refractivity contribution in [1.29, 1.82) is 0 Å². The Balaban J connectivity index is 2.24. The molecule has 2 amide bonds. The van der Waals surface area contributed by atoms with Crippen molar-refractivity contribution in [3.63, 3.8) is 0 Å². The SMILES string of the molecule is Cc1cc(CNC(=O)NCC(O)C(=O)O)no1. The van der Waals surface area contributed by atoms with Crippen LogP contribution in [0, 0.1) is 6.92 Å². The van der Waals surface area contributed by atoms with Crippen molar-refractivity contribution in [3.8, 4) is 0 Å². The van der Waals surface area contributed by atoms with Gasteiger partial charge in [0.05, 0.1) is 13.1 Å². The van der Waals surface area contributed by atoms with E-state index >= 15 is 0 Å². The molecule has 8 nitrogen and oxygen atoms in total. The minimum Gasteiger partial charge on any atom is -0.479 e. The molecule has 0 saturated heterocycles. The lowest BCUT2D eigenvalue weighted by molar-refractivity contribution is -0.146. The third kappa shape index (κ3) is 4.51. The van der Waals surface area contributed by atoms with Crippen LogP contribution in [0.5, 0.6) is 0 Å². The average molecular weight is 243 g/mol. The van der Waals surface area contributed by atoms with Gasteiger partial charge in [-0.1, -0.05) is 5.16 Å². The highest BCUT2D eigenvalue weighted by Crippen LogP contribution is 2.00. The van der Waals surface area contributed by atoms with Gasteiger partial charge >= 0.3 is 12.0 Å². The molecule has 0 aromatic carbocycles. The van der Waals surface area contributed by atoms with Crippen LogP contribution in [0.15, 0.2) is 10.6 Å². The summed E-state index contributed by atoms with van der Waals surface area (Å²) in [4.78, 5) is 21.4. The van der Waals surface area contributed by atoms with Crippen LogP contribution in [-0.4, -0.2) is 40.0 Å². The number of aryl methyl sites for hydroxylation is 1. The van der Waals surface area contributed by atoms with Crippen molar-refractivity contribution >= 4 is 12.0 Å². The number of nitrogens with zero attached hydrogens (tertiary/aromatic N) is 1. The first-order chi connectivity index (χ1) is 7.99. The fourth-order valence-electron chi connectivity index (χ4n) is 1.01. The lowest BCUT2D eigenvalue weighted by atomic mass is 10.3. The van der Waals surface area contributed by atoms with Gasteiger partial charge in [0.1, 0.15) is 11.5 Å². The predicted octanol–water partition coefficient (Wildman–Crippen LogP) is -0.772. The molecule has 0 fully saturated rings. The Kier molecular flexibility index (Phi) is 4.46. The minimum atomic E-state index is -1.62. The molecular weight excluding hydrogens is 230 g/mol. The highest BCUT2D eigenvalue weighted by Gasteiger charge is 2.13. The molecule has 0 saturated carbocycles. The summed E-state index contributed by atoms with van der Waals surface area (Å²) in [5.41, 5.74) is 0.552. The second kappa shape index (κ2) is 5.85. The number of hydrogen-bond acceptors (Lipinski definition) is 5. The van der Waals surface area contributed by atoms with Gasteiger partial charge in [-0.3, -0.25) is 0 Å². The summed E-state index contributed by atoms with van der Waals surface area (Å²) in [6, 6.07) is 1.07. The number of aliphatic carboxylic acids is 1. The molecule has 1 unspecified atom stereocenters. The molecule has 1 atom stereocenters. The number of nitrogens with one attached hydrogen (secondary N) is 2. The van der Waals surface area contributed by atoms with Gasteiger partial charge in [0.15, 0.2) is 6.10 Å². The summed E-state index contributed by atoms with van der Waals surface area (Å²) in [5.74, 6) is -0.763. The van der Waals surface area contributed by atoms with Crippen molar-refractivity contribution in [2.45, 2.75) is 19.6 Å². The Labute approximate surface area is 96.6 Å². The predicted molar refractivity (Wildman–Crippen MR) is 55.1 cm³/mol. The van der Waals surface area contributed by atoms with E-state index in [4.69, 9.17) is 14.7 Å². The number of amides is 2. The van der Waals surface area contributed by atoms with Crippen LogP contribution in [-0.2, 0) is 11.3 Å². The van der Waals surface area contributed by atoms with Gasteiger partial charge in [-0.2, -0.15) is 0 Å². The van der Waals surface area contributed by atoms with Crippen LogP contribution in [0.2, 0.25) is 0 Å². The number of urea groups is 1. The zero-order valence-corrected chi connectivity index (χ0v) is 9.14. The van der Waals surface area contributed by atoms with E-state index < -0.39 is 18.1 Å². The van der Waals surface area contributed by atoms with Crippen LogP contribution in [0.25, 0.3) is 0 Å². The van der Waals surface area contributed by atoms with E-state index in [0.717, 1.165) is 0 Å². The summed E-state index contributed by atoms with van der Waals surface area (Å²) in [6.07, 6.45) is -1.62. The van der Waals surface area contributed by atoms with Crippen LogP contribution in [0.3, 0.4) is 0 Å². The van der Waals surface area contributed by atoms with Crippen LogP contribution in [0.4, 0.5) is 4.79 Å². The zero-order chi connectivity index (χ0) is 12.8. The quantitative estimate of drug-likeness (QED) is 0.538. The molecule has 1 aromatic rings. The lowest BCUT2D eigenvalue weighted by Gasteiger charge is -2.08. The Morgan fingerprint density at radius 3 is 2.76 bits per heavy atom. The molecule has 0 aliphatic carbocycles. The van der Waals surface area contributed by atoms with Gasteiger partial charge in [-0.25, -0.2) is 9.59 Å². The second-order valence-electron chi connectivity index (χ2n) is 3.35. The van der Waals surface area contributed by atoms with E-state index in [2.05, 4.69) is 15.8 Å². The summed E-state index contributed by atoms with van der Waals surface area (Å²) in [5, 5.41) is 25.5. The summed E-state index contributed by atoms with van der Waals surface area (Å²) >= 11 is 0. The van der Waals surface area contributed by atoms with Gasteiger partial charge in [-0.05, 0) is 6.92 Å². The first-order valence-electron chi connectivity index (χ1n) is 4.84. The Morgan fingerprint density at radius 2 is 2.24 bits per heavy atom. The molecule has 0 aliphatic rings. The van der Waals surface area contributed by atoms with Crippen LogP contribution >= 0.6 is 0 Å². The highest BCUT2D eigenvalue weighted by molar-refractivity contribution is 5.76. The molecule has 0 spiro atoms. The standard InChI is InChI=1S/C9H13N3O5/c1-5-2-6(12-17-5)3-10-9(16)11-4-7(13)8(14)15/h2,7,13H,3-4H2,1H3,(H,14,15)(H2,10,11,16). The number of hydrogen-bond donors (Lipinski definition) is 4. The highest BCUT2D eigenvalue weighted by atomic mass is 16.5. The molecular formula is C9H13N3O5. The number of aromatic nitrogens is 1. The van der Waals surface area contributed by atoms with Gasteiger partial charge in [0.25, 0.3) is 0 Å². The van der Waals surface area contributed by atoms with E-state index in [0.29, 0.717) is 11.5 Å². The Bertz CT molecular complexity index is 403. The van der Waals surface area contributed by atoms with Gasteiger partial charge in [0.2, 0.25) is 0 Å². The molecule has 1 rings (SSSR count). The average Bonchev–Trinajstić information content (AvgIpc) is 2.69. The summed E-state index contributed by atoms with van der Waals surface area (Å²) < 4.78 is 4.79.